The Bertz CT molecular complexity index is 546. The minimum atomic E-state index is -0.306. The SMILES string of the molecule is C[C@H](NC(=O)[C@H]1CCCO1)c1ccc(NC(=O)C2CC2)cc1. The number of anilines is 1. The van der Waals surface area contributed by atoms with Crippen LogP contribution in [0.3, 0.4) is 0 Å². The third-order valence-electron chi connectivity index (χ3n) is 4.21. The number of nitrogens with one attached hydrogen (secondary N) is 2. The van der Waals surface area contributed by atoms with E-state index in [1.54, 1.807) is 0 Å². The summed E-state index contributed by atoms with van der Waals surface area (Å²) < 4.78 is 5.38. The van der Waals surface area contributed by atoms with Crippen molar-refractivity contribution in [3.05, 3.63) is 29.8 Å². The van der Waals surface area contributed by atoms with E-state index in [0.717, 1.165) is 36.9 Å². The van der Waals surface area contributed by atoms with Gasteiger partial charge in [0.2, 0.25) is 11.8 Å². The van der Waals surface area contributed by atoms with Gasteiger partial charge < -0.3 is 15.4 Å². The van der Waals surface area contributed by atoms with Crippen LogP contribution in [0.1, 0.15) is 44.2 Å². The van der Waals surface area contributed by atoms with Gasteiger partial charge in [0.15, 0.2) is 0 Å². The molecule has 2 amide bonds. The quantitative estimate of drug-likeness (QED) is 0.877. The van der Waals surface area contributed by atoms with Gasteiger partial charge in [0.05, 0.1) is 6.04 Å². The van der Waals surface area contributed by atoms with Gasteiger partial charge >= 0.3 is 0 Å². The van der Waals surface area contributed by atoms with Crippen molar-refractivity contribution in [2.24, 2.45) is 5.92 Å². The second-order valence-electron chi connectivity index (χ2n) is 6.12. The van der Waals surface area contributed by atoms with Gasteiger partial charge in [-0.05, 0) is 50.3 Å². The van der Waals surface area contributed by atoms with Crippen LogP contribution in [-0.4, -0.2) is 24.5 Å². The molecule has 1 saturated heterocycles. The van der Waals surface area contributed by atoms with Gasteiger partial charge in [-0.3, -0.25) is 9.59 Å². The molecule has 0 spiro atoms. The Morgan fingerprint density at radius 1 is 1.14 bits per heavy atom. The highest BCUT2D eigenvalue weighted by Crippen LogP contribution is 2.30. The highest BCUT2D eigenvalue weighted by molar-refractivity contribution is 5.94. The number of hydrogen-bond donors (Lipinski definition) is 2. The molecular weight excluding hydrogens is 280 g/mol. The summed E-state index contributed by atoms with van der Waals surface area (Å²) in [5.41, 5.74) is 1.81. The molecule has 2 N–H and O–H groups in total. The summed E-state index contributed by atoms with van der Waals surface area (Å²) in [6, 6.07) is 7.55. The fourth-order valence-corrected chi connectivity index (χ4v) is 2.62. The molecule has 0 bridgehead atoms. The van der Waals surface area contributed by atoms with E-state index < -0.39 is 0 Å². The Labute approximate surface area is 130 Å². The molecule has 1 aliphatic carbocycles. The van der Waals surface area contributed by atoms with Crippen LogP contribution in [0.25, 0.3) is 0 Å². The molecular formula is C17H22N2O3. The highest BCUT2D eigenvalue weighted by Gasteiger charge is 2.29. The Morgan fingerprint density at radius 2 is 1.86 bits per heavy atom. The molecule has 1 aromatic rings. The van der Waals surface area contributed by atoms with Gasteiger partial charge in [-0.1, -0.05) is 12.1 Å². The van der Waals surface area contributed by atoms with Crippen molar-refractivity contribution < 1.29 is 14.3 Å². The van der Waals surface area contributed by atoms with Crippen molar-refractivity contribution in [3.63, 3.8) is 0 Å². The zero-order valence-corrected chi connectivity index (χ0v) is 12.8. The van der Waals surface area contributed by atoms with E-state index >= 15 is 0 Å². The molecule has 2 fully saturated rings. The van der Waals surface area contributed by atoms with Crippen LogP contribution < -0.4 is 10.6 Å². The standard InChI is InChI=1S/C17H22N2O3/c1-11(18-17(21)15-3-2-10-22-15)12-6-8-14(9-7-12)19-16(20)13-4-5-13/h6-9,11,13,15H,2-5,10H2,1H3,(H,18,21)(H,19,20)/t11-,15+/m0/s1. The van der Waals surface area contributed by atoms with Gasteiger partial charge in [-0.15, -0.1) is 0 Å². The molecule has 118 valence electrons. The average Bonchev–Trinajstić information content (AvgIpc) is 3.22. The first-order valence-corrected chi connectivity index (χ1v) is 7.96. The predicted octanol–water partition coefficient (Wildman–Crippen LogP) is 2.39. The van der Waals surface area contributed by atoms with Crippen LogP contribution in [0.4, 0.5) is 5.69 Å². The van der Waals surface area contributed by atoms with Gasteiger partial charge in [0.1, 0.15) is 6.10 Å². The summed E-state index contributed by atoms with van der Waals surface area (Å²) in [7, 11) is 0. The number of benzene rings is 1. The molecule has 0 aromatic heterocycles. The third kappa shape index (κ3) is 3.65. The monoisotopic (exact) mass is 302 g/mol. The number of carbonyl (C=O) groups is 2. The van der Waals surface area contributed by atoms with Crippen LogP contribution >= 0.6 is 0 Å². The van der Waals surface area contributed by atoms with Crippen molar-refractivity contribution in [1.29, 1.82) is 0 Å². The zero-order valence-electron chi connectivity index (χ0n) is 12.8. The van der Waals surface area contributed by atoms with E-state index in [9.17, 15) is 9.59 Å². The summed E-state index contributed by atoms with van der Waals surface area (Å²) in [6.07, 6.45) is 3.43. The summed E-state index contributed by atoms with van der Waals surface area (Å²) in [5, 5.41) is 5.88. The fourth-order valence-electron chi connectivity index (χ4n) is 2.62. The topological polar surface area (TPSA) is 67.4 Å². The van der Waals surface area contributed by atoms with E-state index in [2.05, 4.69) is 10.6 Å². The van der Waals surface area contributed by atoms with E-state index in [4.69, 9.17) is 4.74 Å². The molecule has 1 saturated carbocycles. The minimum Gasteiger partial charge on any atom is -0.368 e. The molecule has 2 aliphatic rings. The molecule has 1 aromatic carbocycles. The third-order valence-corrected chi connectivity index (χ3v) is 4.21. The molecule has 5 nitrogen and oxygen atoms in total. The van der Waals surface area contributed by atoms with Crippen LogP contribution in [-0.2, 0) is 14.3 Å². The maximum atomic E-state index is 12.0. The van der Waals surface area contributed by atoms with Gasteiger partial charge in [-0.25, -0.2) is 0 Å². The lowest BCUT2D eigenvalue weighted by Gasteiger charge is -2.17. The van der Waals surface area contributed by atoms with Crippen LogP contribution in [0, 0.1) is 5.92 Å². The average molecular weight is 302 g/mol. The lowest BCUT2D eigenvalue weighted by atomic mass is 10.1. The number of amides is 2. The van der Waals surface area contributed by atoms with Crippen molar-refractivity contribution in [2.75, 3.05) is 11.9 Å². The van der Waals surface area contributed by atoms with E-state index in [1.165, 1.54) is 0 Å². The van der Waals surface area contributed by atoms with E-state index in [-0.39, 0.29) is 29.9 Å². The lowest BCUT2D eigenvalue weighted by Crippen LogP contribution is -2.35. The van der Waals surface area contributed by atoms with Crippen LogP contribution in [0.2, 0.25) is 0 Å². The van der Waals surface area contributed by atoms with E-state index in [0.29, 0.717) is 6.61 Å². The molecule has 22 heavy (non-hydrogen) atoms. The molecule has 0 radical (unpaired) electrons. The molecule has 0 unspecified atom stereocenters. The second kappa shape index (κ2) is 6.48. The maximum Gasteiger partial charge on any atom is 0.249 e. The Balaban J connectivity index is 1.54. The number of carbonyl (C=O) groups excluding carboxylic acids is 2. The Morgan fingerprint density at radius 3 is 2.45 bits per heavy atom. The van der Waals surface area contributed by atoms with Crippen molar-refractivity contribution in [3.8, 4) is 0 Å². The van der Waals surface area contributed by atoms with Gasteiger partial charge in [-0.2, -0.15) is 0 Å². The highest BCUT2D eigenvalue weighted by atomic mass is 16.5. The summed E-state index contributed by atoms with van der Waals surface area (Å²) in [5.74, 6) is 0.257. The normalized spacial score (nSPS) is 22.1. The van der Waals surface area contributed by atoms with Crippen LogP contribution in [0.15, 0.2) is 24.3 Å². The molecule has 3 rings (SSSR count). The summed E-state index contributed by atoms with van der Waals surface area (Å²) >= 11 is 0. The molecule has 1 aliphatic heterocycles. The van der Waals surface area contributed by atoms with Gasteiger partial charge in [0.25, 0.3) is 0 Å². The maximum absolute atomic E-state index is 12.0. The van der Waals surface area contributed by atoms with Crippen molar-refractivity contribution >= 4 is 17.5 Å². The van der Waals surface area contributed by atoms with Gasteiger partial charge in [0, 0.05) is 18.2 Å². The Hall–Kier alpha value is -1.88. The molecule has 2 atom stereocenters. The fraction of sp³-hybridized carbons (Fsp3) is 0.529. The molecule has 5 heteroatoms. The molecule has 1 heterocycles. The van der Waals surface area contributed by atoms with Crippen molar-refractivity contribution in [2.45, 2.75) is 44.8 Å². The second-order valence-corrected chi connectivity index (χ2v) is 6.12. The first kappa shape index (κ1) is 15.0. The van der Waals surface area contributed by atoms with Crippen molar-refractivity contribution in [1.82, 2.24) is 5.32 Å². The largest absolute Gasteiger partial charge is 0.368 e. The van der Waals surface area contributed by atoms with E-state index in [1.807, 2.05) is 31.2 Å². The minimum absolute atomic E-state index is 0.0453. The predicted molar refractivity (Wildman–Crippen MR) is 83.3 cm³/mol. The zero-order chi connectivity index (χ0) is 15.5. The van der Waals surface area contributed by atoms with Crippen LogP contribution in [0.5, 0.6) is 0 Å². The number of ether oxygens (including phenoxy) is 1. The summed E-state index contributed by atoms with van der Waals surface area (Å²) in [6.45, 7) is 2.62. The lowest BCUT2D eigenvalue weighted by molar-refractivity contribution is -0.130. The number of hydrogen-bond acceptors (Lipinski definition) is 3. The first-order chi connectivity index (χ1) is 10.6. The summed E-state index contributed by atoms with van der Waals surface area (Å²) in [4.78, 5) is 23.7. The first-order valence-electron chi connectivity index (χ1n) is 7.96. The number of rotatable bonds is 5. The Kier molecular flexibility index (Phi) is 4.43. The smallest absolute Gasteiger partial charge is 0.249 e.